The van der Waals surface area contributed by atoms with Crippen LogP contribution in [0.2, 0.25) is 0 Å². The molecule has 9 heteroatoms. The van der Waals surface area contributed by atoms with Crippen molar-refractivity contribution in [3.05, 3.63) is 53.6 Å². The number of hydrogen-bond acceptors (Lipinski definition) is 6. The van der Waals surface area contributed by atoms with Gasteiger partial charge in [0.25, 0.3) is 0 Å². The highest BCUT2D eigenvalue weighted by Crippen LogP contribution is 2.39. The summed E-state index contributed by atoms with van der Waals surface area (Å²) in [5.41, 5.74) is 1.29. The zero-order valence-corrected chi connectivity index (χ0v) is 19.6. The van der Waals surface area contributed by atoms with E-state index in [9.17, 15) is 18.0 Å². The number of ether oxygens (including phenoxy) is 2. The van der Waals surface area contributed by atoms with E-state index in [0.717, 1.165) is 31.2 Å². The van der Waals surface area contributed by atoms with Gasteiger partial charge in [-0.2, -0.15) is 0 Å². The standard InChI is InChI=1S/C24H28N2O6S/c1-31-18-7-5-6-16(12-18)14-25-33(29,30)22-13-17(10-11-21(22)32-2)15-26-23(27)19-8-3-4-9-20(19)24(26)28/h5-7,10-13,19-20,25H,3-4,8-9,14-15H2,1-2H3. The lowest BCUT2D eigenvalue weighted by Gasteiger charge is -2.19. The summed E-state index contributed by atoms with van der Waals surface area (Å²) in [5, 5.41) is 0. The minimum Gasteiger partial charge on any atom is -0.497 e. The summed E-state index contributed by atoms with van der Waals surface area (Å²) in [4.78, 5) is 26.9. The maximum atomic E-state index is 13.1. The molecule has 1 heterocycles. The van der Waals surface area contributed by atoms with Gasteiger partial charge in [0.1, 0.15) is 16.4 Å². The largest absolute Gasteiger partial charge is 0.497 e. The quantitative estimate of drug-likeness (QED) is 0.593. The maximum absolute atomic E-state index is 13.1. The van der Waals surface area contributed by atoms with E-state index < -0.39 is 10.0 Å². The number of amides is 2. The first-order chi connectivity index (χ1) is 15.8. The van der Waals surface area contributed by atoms with Crippen LogP contribution in [0.5, 0.6) is 11.5 Å². The molecule has 1 saturated heterocycles. The molecule has 2 aromatic carbocycles. The van der Waals surface area contributed by atoms with Crippen LogP contribution < -0.4 is 14.2 Å². The van der Waals surface area contributed by atoms with E-state index in [1.54, 1.807) is 43.5 Å². The van der Waals surface area contributed by atoms with Crippen molar-refractivity contribution >= 4 is 21.8 Å². The molecule has 0 bridgehead atoms. The Balaban J connectivity index is 1.55. The van der Waals surface area contributed by atoms with Crippen molar-refractivity contribution in [2.45, 2.75) is 43.7 Å². The van der Waals surface area contributed by atoms with Crippen LogP contribution in [-0.4, -0.2) is 39.4 Å². The molecule has 2 aromatic rings. The van der Waals surface area contributed by atoms with Crippen LogP contribution in [0.25, 0.3) is 0 Å². The van der Waals surface area contributed by atoms with Crippen LogP contribution in [0.3, 0.4) is 0 Å². The van der Waals surface area contributed by atoms with Crippen molar-refractivity contribution in [1.29, 1.82) is 0 Å². The summed E-state index contributed by atoms with van der Waals surface area (Å²) < 4.78 is 39.2. The van der Waals surface area contributed by atoms with Gasteiger partial charge in [-0.25, -0.2) is 13.1 Å². The Bertz CT molecular complexity index is 1140. The minimum absolute atomic E-state index is 0.0399. The molecule has 2 atom stereocenters. The predicted molar refractivity (Wildman–Crippen MR) is 121 cm³/mol. The molecule has 1 N–H and O–H groups in total. The van der Waals surface area contributed by atoms with Crippen LogP contribution >= 0.6 is 0 Å². The van der Waals surface area contributed by atoms with Gasteiger partial charge < -0.3 is 9.47 Å². The highest BCUT2D eigenvalue weighted by atomic mass is 32.2. The summed E-state index contributed by atoms with van der Waals surface area (Å²) >= 11 is 0. The van der Waals surface area contributed by atoms with E-state index in [4.69, 9.17) is 9.47 Å². The molecule has 2 fully saturated rings. The molecule has 1 aliphatic heterocycles. The monoisotopic (exact) mass is 472 g/mol. The second-order valence-electron chi connectivity index (χ2n) is 8.42. The fourth-order valence-corrected chi connectivity index (χ4v) is 5.87. The number of nitrogens with zero attached hydrogens (tertiary/aromatic N) is 1. The van der Waals surface area contributed by atoms with E-state index in [1.165, 1.54) is 18.1 Å². The number of carbonyl (C=O) groups is 2. The summed E-state index contributed by atoms with van der Waals surface area (Å²) in [6.45, 7) is 0.117. The zero-order chi connectivity index (χ0) is 23.6. The van der Waals surface area contributed by atoms with Gasteiger partial charge in [0, 0.05) is 6.54 Å². The Kier molecular flexibility index (Phi) is 6.71. The maximum Gasteiger partial charge on any atom is 0.244 e. The van der Waals surface area contributed by atoms with Gasteiger partial charge in [-0.1, -0.05) is 31.0 Å². The molecule has 2 aliphatic rings. The van der Waals surface area contributed by atoms with Gasteiger partial charge in [0.2, 0.25) is 21.8 Å². The summed E-state index contributed by atoms with van der Waals surface area (Å²) in [6.07, 6.45) is 3.39. The van der Waals surface area contributed by atoms with E-state index in [0.29, 0.717) is 11.3 Å². The molecule has 1 saturated carbocycles. The average Bonchev–Trinajstić information content (AvgIpc) is 3.08. The van der Waals surface area contributed by atoms with Crippen LogP contribution in [0.1, 0.15) is 36.8 Å². The molecular formula is C24H28N2O6S. The topological polar surface area (TPSA) is 102 Å². The lowest BCUT2D eigenvalue weighted by molar-refractivity contribution is -0.140. The van der Waals surface area contributed by atoms with Crippen molar-refractivity contribution in [2.24, 2.45) is 11.8 Å². The third-order valence-electron chi connectivity index (χ3n) is 6.39. The van der Waals surface area contributed by atoms with Crippen molar-refractivity contribution in [3.63, 3.8) is 0 Å². The van der Waals surface area contributed by atoms with Crippen LogP contribution in [-0.2, 0) is 32.7 Å². The molecule has 0 aromatic heterocycles. The first-order valence-electron chi connectivity index (χ1n) is 11.0. The van der Waals surface area contributed by atoms with E-state index >= 15 is 0 Å². The van der Waals surface area contributed by atoms with Crippen molar-refractivity contribution < 1.29 is 27.5 Å². The first kappa shape index (κ1) is 23.3. The molecule has 176 valence electrons. The summed E-state index contributed by atoms with van der Waals surface area (Å²) in [7, 11) is -0.986. The lowest BCUT2D eigenvalue weighted by atomic mass is 9.81. The lowest BCUT2D eigenvalue weighted by Crippen LogP contribution is -2.30. The van der Waals surface area contributed by atoms with E-state index in [2.05, 4.69) is 4.72 Å². The van der Waals surface area contributed by atoms with Crippen LogP contribution in [0.4, 0.5) is 0 Å². The van der Waals surface area contributed by atoms with E-state index in [-0.39, 0.29) is 47.4 Å². The van der Waals surface area contributed by atoms with Gasteiger partial charge >= 0.3 is 0 Å². The third-order valence-corrected chi connectivity index (χ3v) is 7.81. The summed E-state index contributed by atoms with van der Waals surface area (Å²) in [6, 6.07) is 11.8. The van der Waals surface area contributed by atoms with Gasteiger partial charge in [0.05, 0.1) is 32.6 Å². The number of sulfonamides is 1. The van der Waals surface area contributed by atoms with Gasteiger partial charge in [-0.15, -0.1) is 0 Å². The van der Waals surface area contributed by atoms with Crippen molar-refractivity contribution in [3.8, 4) is 11.5 Å². The van der Waals surface area contributed by atoms with Gasteiger partial charge in [0.15, 0.2) is 0 Å². The first-order valence-corrected chi connectivity index (χ1v) is 12.5. The predicted octanol–water partition coefficient (Wildman–Crippen LogP) is 2.86. The molecule has 8 nitrogen and oxygen atoms in total. The number of imide groups is 1. The Morgan fingerprint density at radius 2 is 1.64 bits per heavy atom. The van der Waals surface area contributed by atoms with Crippen LogP contribution in [0, 0.1) is 11.8 Å². The molecule has 0 spiro atoms. The van der Waals surface area contributed by atoms with Crippen molar-refractivity contribution in [2.75, 3.05) is 14.2 Å². The number of hydrogen-bond donors (Lipinski definition) is 1. The summed E-state index contributed by atoms with van der Waals surface area (Å²) in [5.74, 6) is 0.0352. The SMILES string of the molecule is COc1cccc(CNS(=O)(=O)c2cc(CN3C(=O)C4CCCCC4C3=O)ccc2OC)c1. The molecule has 0 radical (unpaired) electrons. The number of benzene rings is 2. The molecule has 1 aliphatic carbocycles. The molecule has 2 unspecified atom stereocenters. The highest BCUT2D eigenvalue weighted by Gasteiger charge is 2.47. The zero-order valence-electron chi connectivity index (χ0n) is 18.7. The Morgan fingerprint density at radius 3 is 2.27 bits per heavy atom. The Morgan fingerprint density at radius 1 is 0.939 bits per heavy atom. The van der Waals surface area contributed by atoms with Gasteiger partial charge in [-0.3, -0.25) is 14.5 Å². The molecular weight excluding hydrogens is 444 g/mol. The van der Waals surface area contributed by atoms with Gasteiger partial charge in [-0.05, 0) is 48.2 Å². The second-order valence-corrected chi connectivity index (χ2v) is 10.2. The number of likely N-dealkylation sites (tertiary alicyclic amines) is 1. The normalized spacial score (nSPS) is 20.6. The molecule has 33 heavy (non-hydrogen) atoms. The molecule has 2 amide bonds. The number of carbonyl (C=O) groups excluding carboxylic acids is 2. The van der Waals surface area contributed by atoms with Crippen molar-refractivity contribution in [1.82, 2.24) is 9.62 Å². The van der Waals surface area contributed by atoms with E-state index in [1.807, 2.05) is 0 Å². The smallest absolute Gasteiger partial charge is 0.244 e. The Labute approximate surface area is 193 Å². The number of methoxy groups -OCH3 is 2. The highest BCUT2D eigenvalue weighted by molar-refractivity contribution is 7.89. The fourth-order valence-electron chi connectivity index (χ4n) is 4.64. The number of fused-ring (bicyclic) bond motifs is 1. The fraction of sp³-hybridized carbons (Fsp3) is 0.417. The number of rotatable bonds is 8. The third kappa shape index (κ3) is 4.74. The van der Waals surface area contributed by atoms with Crippen LogP contribution in [0.15, 0.2) is 47.4 Å². The number of nitrogens with one attached hydrogen (secondary N) is 1. The average molecular weight is 473 g/mol. The Hall–Kier alpha value is -2.91. The second kappa shape index (κ2) is 9.52. The molecule has 4 rings (SSSR count). The minimum atomic E-state index is -3.93.